The number of carbonyl (C=O) groups excluding carboxylic acids is 2. The highest BCUT2D eigenvalue weighted by atomic mass is 19.1. The van der Waals surface area contributed by atoms with Crippen molar-refractivity contribution in [2.24, 2.45) is 0 Å². The summed E-state index contributed by atoms with van der Waals surface area (Å²) >= 11 is 0. The molecule has 0 spiro atoms. The van der Waals surface area contributed by atoms with Crippen molar-refractivity contribution in [1.82, 2.24) is 20.7 Å². The SMILES string of the molecule is O=C(NNC(=O)N1CCCC1c1ccncc1)c1ccc(F)cc1. The Hall–Kier alpha value is -2.96. The van der Waals surface area contributed by atoms with Crippen LogP contribution in [0.1, 0.15) is 34.8 Å². The van der Waals surface area contributed by atoms with Gasteiger partial charge in [0.2, 0.25) is 0 Å². The Morgan fingerprint density at radius 1 is 1.08 bits per heavy atom. The Morgan fingerprint density at radius 2 is 1.79 bits per heavy atom. The maximum Gasteiger partial charge on any atom is 0.336 e. The van der Waals surface area contributed by atoms with Crippen LogP contribution in [0, 0.1) is 5.82 Å². The molecule has 3 amide bonds. The highest BCUT2D eigenvalue weighted by Gasteiger charge is 2.30. The lowest BCUT2D eigenvalue weighted by molar-refractivity contribution is 0.0928. The van der Waals surface area contributed by atoms with E-state index in [0.717, 1.165) is 18.4 Å². The molecule has 24 heavy (non-hydrogen) atoms. The molecular formula is C17H17FN4O2. The number of hydrazine groups is 1. The van der Waals surface area contributed by atoms with Gasteiger partial charge in [0.05, 0.1) is 6.04 Å². The minimum atomic E-state index is -0.497. The van der Waals surface area contributed by atoms with Crippen LogP contribution in [0.25, 0.3) is 0 Å². The number of pyridine rings is 1. The fraction of sp³-hybridized carbons (Fsp3) is 0.235. The number of amides is 3. The number of rotatable bonds is 2. The summed E-state index contributed by atoms with van der Waals surface area (Å²) in [6, 6.07) is 8.45. The second-order valence-corrected chi connectivity index (χ2v) is 5.52. The van der Waals surface area contributed by atoms with Gasteiger partial charge in [-0.2, -0.15) is 0 Å². The number of benzene rings is 1. The van der Waals surface area contributed by atoms with E-state index in [1.807, 2.05) is 12.1 Å². The molecule has 1 saturated heterocycles. The van der Waals surface area contributed by atoms with Crippen LogP contribution in [0.3, 0.4) is 0 Å². The van der Waals surface area contributed by atoms with Gasteiger partial charge < -0.3 is 4.90 Å². The average Bonchev–Trinajstić information content (AvgIpc) is 3.10. The number of likely N-dealkylation sites (tertiary alicyclic amines) is 1. The van der Waals surface area contributed by atoms with E-state index in [-0.39, 0.29) is 17.6 Å². The second-order valence-electron chi connectivity index (χ2n) is 5.52. The first-order valence-electron chi connectivity index (χ1n) is 7.67. The van der Waals surface area contributed by atoms with E-state index in [1.165, 1.54) is 24.3 Å². The number of hydrogen-bond acceptors (Lipinski definition) is 3. The van der Waals surface area contributed by atoms with Crippen molar-refractivity contribution < 1.29 is 14.0 Å². The highest BCUT2D eigenvalue weighted by molar-refractivity contribution is 5.95. The molecule has 1 atom stereocenters. The van der Waals surface area contributed by atoms with Crippen molar-refractivity contribution in [3.8, 4) is 0 Å². The predicted molar refractivity (Wildman–Crippen MR) is 85.3 cm³/mol. The normalized spacial score (nSPS) is 16.7. The molecule has 1 unspecified atom stereocenters. The van der Waals surface area contributed by atoms with Crippen LogP contribution < -0.4 is 10.9 Å². The van der Waals surface area contributed by atoms with E-state index in [4.69, 9.17) is 0 Å². The molecule has 0 radical (unpaired) electrons. The second kappa shape index (κ2) is 7.08. The Balaban J connectivity index is 1.60. The van der Waals surface area contributed by atoms with Gasteiger partial charge in [-0.25, -0.2) is 14.6 Å². The third kappa shape index (κ3) is 3.51. The van der Waals surface area contributed by atoms with E-state index in [2.05, 4.69) is 15.8 Å². The zero-order valence-electron chi connectivity index (χ0n) is 12.9. The fourth-order valence-corrected chi connectivity index (χ4v) is 2.80. The van der Waals surface area contributed by atoms with Crippen LogP contribution in [-0.4, -0.2) is 28.4 Å². The van der Waals surface area contributed by atoms with Crippen LogP contribution in [-0.2, 0) is 0 Å². The van der Waals surface area contributed by atoms with Crippen molar-refractivity contribution in [3.05, 3.63) is 65.7 Å². The quantitative estimate of drug-likeness (QED) is 0.832. The summed E-state index contributed by atoms with van der Waals surface area (Å²) in [5, 5.41) is 0. The summed E-state index contributed by atoms with van der Waals surface area (Å²) in [6.07, 6.45) is 5.15. The fourth-order valence-electron chi connectivity index (χ4n) is 2.80. The zero-order valence-corrected chi connectivity index (χ0v) is 12.9. The number of nitrogens with one attached hydrogen (secondary N) is 2. The molecule has 124 valence electrons. The van der Waals surface area contributed by atoms with Gasteiger partial charge in [-0.3, -0.25) is 15.2 Å². The van der Waals surface area contributed by atoms with Crippen molar-refractivity contribution in [2.45, 2.75) is 18.9 Å². The molecule has 1 aromatic heterocycles. The van der Waals surface area contributed by atoms with E-state index in [0.29, 0.717) is 6.54 Å². The smallest absolute Gasteiger partial charge is 0.316 e. The topological polar surface area (TPSA) is 74.3 Å². The van der Waals surface area contributed by atoms with Gasteiger partial charge in [0, 0.05) is 24.5 Å². The third-order valence-corrected chi connectivity index (χ3v) is 3.99. The van der Waals surface area contributed by atoms with Crippen molar-refractivity contribution in [3.63, 3.8) is 0 Å². The van der Waals surface area contributed by atoms with Gasteiger partial charge in [-0.05, 0) is 54.8 Å². The van der Waals surface area contributed by atoms with E-state index in [9.17, 15) is 14.0 Å². The predicted octanol–water partition coefficient (Wildman–Crippen LogP) is 2.41. The molecule has 3 rings (SSSR count). The number of urea groups is 1. The van der Waals surface area contributed by atoms with Crippen LogP contribution in [0.5, 0.6) is 0 Å². The molecule has 1 fully saturated rings. The molecule has 0 saturated carbocycles. The molecule has 1 aliphatic rings. The molecular weight excluding hydrogens is 311 g/mol. The minimum Gasteiger partial charge on any atom is -0.316 e. The highest BCUT2D eigenvalue weighted by Crippen LogP contribution is 2.31. The van der Waals surface area contributed by atoms with Gasteiger partial charge in [0.1, 0.15) is 5.82 Å². The summed E-state index contributed by atoms with van der Waals surface area (Å²) in [4.78, 5) is 30.0. The number of carbonyl (C=O) groups is 2. The zero-order chi connectivity index (χ0) is 16.9. The molecule has 6 nitrogen and oxygen atoms in total. The minimum absolute atomic E-state index is 0.0317. The lowest BCUT2D eigenvalue weighted by Gasteiger charge is -2.25. The van der Waals surface area contributed by atoms with Gasteiger partial charge in [0.25, 0.3) is 5.91 Å². The van der Waals surface area contributed by atoms with Crippen LogP contribution >= 0.6 is 0 Å². The Kier molecular flexibility index (Phi) is 4.69. The largest absolute Gasteiger partial charge is 0.336 e. The van der Waals surface area contributed by atoms with Crippen LogP contribution in [0.15, 0.2) is 48.8 Å². The average molecular weight is 328 g/mol. The van der Waals surface area contributed by atoms with Gasteiger partial charge >= 0.3 is 6.03 Å². The Morgan fingerprint density at radius 3 is 2.50 bits per heavy atom. The summed E-state index contributed by atoms with van der Waals surface area (Å²) in [5.74, 6) is -0.921. The standard InChI is InChI=1S/C17H17FN4O2/c18-14-5-3-13(4-6-14)16(23)20-21-17(24)22-11-1-2-15(22)12-7-9-19-10-8-12/h3-10,15H,1-2,11H2,(H,20,23)(H,21,24). The lowest BCUT2D eigenvalue weighted by atomic mass is 10.1. The lowest BCUT2D eigenvalue weighted by Crippen LogP contribution is -2.48. The summed E-state index contributed by atoms with van der Waals surface area (Å²) in [6.45, 7) is 0.616. The molecule has 2 N–H and O–H groups in total. The molecule has 1 aromatic carbocycles. The summed E-state index contributed by atoms with van der Waals surface area (Å²) < 4.78 is 12.9. The van der Waals surface area contributed by atoms with Gasteiger partial charge in [0.15, 0.2) is 0 Å². The maximum absolute atomic E-state index is 12.9. The molecule has 2 aromatic rings. The third-order valence-electron chi connectivity index (χ3n) is 3.99. The van der Waals surface area contributed by atoms with Crippen molar-refractivity contribution >= 4 is 11.9 Å². The van der Waals surface area contributed by atoms with Gasteiger partial charge in [-0.15, -0.1) is 0 Å². The molecule has 7 heteroatoms. The number of hydrogen-bond donors (Lipinski definition) is 2. The van der Waals surface area contributed by atoms with E-state index in [1.54, 1.807) is 17.3 Å². The number of nitrogens with zero attached hydrogens (tertiary/aromatic N) is 2. The van der Waals surface area contributed by atoms with Crippen molar-refractivity contribution in [1.29, 1.82) is 0 Å². The maximum atomic E-state index is 12.9. The van der Waals surface area contributed by atoms with Gasteiger partial charge in [-0.1, -0.05) is 0 Å². The van der Waals surface area contributed by atoms with Crippen LogP contribution in [0.2, 0.25) is 0 Å². The summed E-state index contributed by atoms with van der Waals surface area (Å²) in [5.41, 5.74) is 6.05. The Labute approximate surface area is 138 Å². The summed E-state index contributed by atoms with van der Waals surface area (Å²) in [7, 11) is 0. The Bertz CT molecular complexity index is 721. The first kappa shape index (κ1) is 15.9. The van der Waals surface area contributed by atoms with E-state index >= 15 is 0 Å². The van der Waals surface area contributed by atoms with E-state index < -0.39 is 11.7 Å². The van der Waals surface area contributed by atoms with Crippen LogP contribution in [0.4, 0.5) is 9.18 Å². The molecule has 0 bridgehead atoms. The number of aromatic nitrogens is 1. The van der Waals surface area contributed by atoms with Crippen molar-refractivity contribution in [2.75, 3.05) is 6.54 Å². The number of halogens is 1. The molecule has 1 aliphatic heterocycles. The first-order chi connectivity index (χ1) is 11.6. The monoisotopic (exact) mass is 328 g/mol. The molecule has 0 aliphatic carbocycles. The first-order valence-corrected chi connectivity index (χ1v) is 7.67. The molecule has 2 heterocycles.